The summed E-state index contributed by atoms with van der Waals surface area (Å²) in [6.45, 7) is 5.08. The molecule has 2 aromatic rings. The minimum absolute atomic E-state index is 0.0857. The molecule has 0 fully saturated rings. The van der Waals surface area contributed by atoms with Crippen molar-refractivity contribution in [3.63, 3.8) is 0 Å². The summed E-state index contributed by atoms with van der Waals surface area (Å²) in [6.07, 6.45) is -1.75. The van der Waals surface area contributed by atoms with Gasteiger partial charge in [-0.25, -0.2) is 9.59 Å². The standard InChI is InChI=1S/C22H26N2O5/c1-15(2)19(24-22(27)28-14-17-10-6-4-7-11-17)21(26)29-16(3)20(25)23-18-12-8-5-9-13-18/h4-13,15-16,19H,14H2,1-3H3,(H,23,25)(H,24,27)/t16-,19+/m1/s1. The van der Waals surface area contributed by atoms with Crippen molar-refractivity contribution in [3.05, 3.63) is 66.2 Å². The zero-order chi connectivity index (χ0) is 21.2. The van der Waals surface area contributed by atoms with Crippen LogP contribution in [0.4, 0.5) is 10.5 Å². The molecule has 0 radical (unpaired) electrons. The van der Waals surface area contributed by atoms with Gasteiger partial charge in [-0.3, -0.25) is 4.79 Å². The number of ether oxygens (including phenoxy) is 2. The van der Waals surface area contributed by atoms with Gasteiger partial charge in [0.15, 0.2) is 6.10 Å². The molecule has 7 nitrogen and oxygen atoms in total. The van der Waals surface area contributed by atoms with Gasteiger partial charge in [0.25, 0.3) is 5.91 Å². The molecule has 0 aliphatic carbocycles. The number of hydrogen-bond donors (Lipinski definition) is 2. The highest BCUT2D eigenvalue weighted by molar-refractivity contribution is 5.95. The third-order valence-corrected chi connectivity index (χ3v) is 4.11. The van der Waals surface area contributed by atoms with Gasteiger partial charge in [0.2, 0.25) is 0 Å². The third-order valence-electron chi connectivity index (χ3n) is 4.11. The molecular weight excluding hydrogens is 372 g/mol. The summed E-state index contributed by atoms with van der Waals surface area (Å²) in [5.41, 5.74) is 1.43. The first-order chi connectivity index (χ1) is 13.9. The van der Waals surface area contributed by atoms with Gasteiger partial charge in [-0.1, -0.05) is 62.4 Å². The Morgan fingerprint density at radius 2 is 1.48 bits per heavy atom. The van der Waals surface area contributed by atoms with E-state index in [0.29, 0.717) is 5.69 Å². The molecule has 29 heavy (non-hydrogen) atoms. The van der Waals surface area contributed by atoms with E-state index in [9.17, 15) is 14.4 Å². The number of esters is 1. The quantitative estimate of drug-likeness (QED) is 0.664. The molecule has 0 saturated carbocycles. The molecule has 0 spiro atoms. The van der Waals surface area contributed by atoms with Crippen LogP contribution in [0.15, 0.2) is 60.7 Å². The maximum absolute atomic E-state index is 12.5. The largest absolute Gasteiger partial charge is 0.451 e. The van der Waals surface area contributed by atoms with E-state index in [1.165, 1.54) is 6.92 Å². The van der Waals surface area contributed by atoms with Crippen LogP contribution in [0.2, 0.25) is 0 Å². The first kappa shape index (κ1) is 21.9. The van der Waals surface area contributed by atoms with E-state index in [0.717, 1.165) is 5.56 Å². The fourth-order valence-electron chi connectivity index (χ4n) is 2.46. The van der Waals surface area contributed by atoms with Crippen LogP contribution < -0.4 is 10.6 Å². The van der Waals surface area contributed by atoms with Gasteiger partial charge >= 0.3 is 12.1 Å². The zero-order valence-electron chi connectivity index (χ0n) is 16.8. The monoisotopic (exact) mass is 398 g/mol. The molecule has 2 atom stereocenters. The molecule has 0 saturated heterocycles. The normalized spacial score (nSPS) is 12.6. The summed E-state index contributed by atoms with van der Waals surface area (Å²) in [5, 5.41) is 5.18. The van der Waals surface area contributed by atoms with Gasteiger partial charge in [0, 0.05) is 5.69 Å². The lowest BCUT2D eigenvalue weighted by Gasteiger charge is -2.22. The number of hydrogen-bond acceptors (Lipinski definition) is 5. The lowest BCUT2D eigenvalue weighted by Crippen LogP contribution is -2.47. The van der Waals surface area contributed by atoms with Crippen molar-refractivity contribution in [2.45, 2.75) is 39.5 Å². The molecule has 2 rings (SSSR count). The second-order valence-corrected chi connectivity index (χ2v) is 6.86. The predicted octanol–water partition coefficient (Wildman–Crippen LogP) is 3.51. The maximum Gasteiger partial charge on any atom is 0.408 e. The molecule has 2 aromatic carbocycles. The van der Waals surface area contributed by atoms with Gasteiger partial charge in [-0.2, -0.15) is 0 Å². The smallest absolute Gasteiger partial charge is 0.408 e. The number of carbonyl (C=O) groups is 3. The Balaban J connectivity index is 1.87. The highest BCUT2D eigenvalue weighted by atomic mass is 16.6. The molecule has 2 amide bonds. The minimum atomic E-state index is -1.02. The molecule has 0 bridgehead atoms. The number of benzene rings is 2. The second-order valence-electron chi connectivity index (χ2n) is 6.86. The molecular formula is C22H26N2O5. The van der Waals surface area contributed by atoms with E-state index >= 15 is 0 Å². The number of rotatable bonds is 8. The van der Waals surface area contributed by atoms with Gasteiger partial charge in [-0.15, -0.1) is 0 Å². The summed E-state index contributed by atoms with van der Waals surface area (Å²) in [7, 11) is 0. The molecule has 2 N–H and O–H groups in total. The van der Waals surface area contributed by atoms with Crippen LogP contribution in [0, 0.1) is 5.92 Å². The minimum Gasteiger partial charge on any atom is -0.451 e. The Hall–Kier alpha value is -3.35. The molecule has 0 unspecified atom stereocenters. The molecule has 0 aromatic heterocycles. The van der Waals surface area contributed by atoms with E-state index in [1.807, 2.05) is 36.4 Å². The van der Waals surface area contributed by atoms with Crippen LogP contribution >= 0.6 is 0 Å². The number of carbonyl (C=O) groups excluding carboxylic acids is 3. The molecule has 7 heteroatoms. The summed E-state index contributed by atoms with van der Waals surface area (Å²) < 4.78 is 10.4. The Bertz CT molecular complexity index is 808. The Morgan fingerprint density at radius 3 is 2.07 bits per heavy atom. The zero-order valence-corrected chi connectivity index (χ0v) is 16.8. The Kier molecular flexibility index (Phi) is 8.21. The number of alkyl carbamates (subject to hydrolysis) is 1. The summed E-state index contributed by atoms with van der Waals surface area (Å²) in [5.74, 6) is -1.41. The third kappa shape index (κ3) is 7.29. The average molecular weight is 398 g/mol. The molecule has 0 heterocycles. The van der Waals surface area contributed by atoms with E-state index in [2.05, 4.69) is 10.6 Å². The van der Waals surface area contributed by atoms with Crippen molar-refractivity contribution in [2.24, 2.45) is 5.92 Å². The highest BCUT2D eigenvalue weighted by Crippen LogP contribution is 2.10. The van der Waals surface area contributed by atoms with Crippen LogP contribution in [-0.2, 0) is 25.7 Å². The first-order valence-corrected chi connectivity index (χ1v) is 9.40. The Labute approximate surface area is 170 Å². The fraction of sp³-hybridized carbons (Fsp3) is 0.318. The molecule has 154 valence electrons. The van der Waals surface area contributed by atoms with E-state index in [1.54, 1.807) is 38.1 Å². The second kappa shape index (κ2) is 10.8. The topological polar surface area (TPSA) is 93.7 Å². The average Bonchev–Trinajstić information content (AvgIpc) is 2.71. The van der Waals surface area contributed by atoms with E-state index in [4.69, 9.17) is 9.47 Å². The highest BCUT2D eigenvalue weighted by Gasteiger charge is 2.29. The van der Waals surface area contributed by atoms with Crippen molar-refractivity contribution in [3.8, 4) is 0 Å². The van der Waals surface area contributed by atoms with Gasteiger partial charge < -0.3 is 20.1 Å². The number of amides is 2. The summed E-state index contributed by atoms with van der Waals surface area (Å²) >= 11 is 0. The maximum atomic E-state index is 12.5. The Morgan fingerprint density at radius 1 is 0.897 bits per heavy atom. The van der Waals surface area contributed by atoms with Crippen molar-refractivity contribution < 1.29 is 23.9 Å². The van der Waals surface area contributed by atoms with Crippen molar-refractivity contribution >= 4 is 23.7 Å². The fourth-order valence-corrected chi connectivity index (χ4v) is 2.46. The predicted molar refractivity (Wildman–Crippen MR) is 109 cm³/mol. The summed E-state index contributed by atoms with van der Waals surface area (Å²) in [4.78, 5) is 36.8. The number of nitrogens with one attached hydrogen (secondary N) is 2. The lowest BCUT2D eigenvalue weighted by molar-refractivity contribution is -0.156. The summed E-state index contributed by atoms with van der Waals surface area (Å²) in [6, 6.07) is 17.1. The van der Waals surface area contributed by atoms with Crippen molar-refractivity contribution in [2.75, 3.05) is 5.32 Å². The molecule has 0 aliphatic heterocycles. The SMILES string of the molecule is CC(C)[C@H](NC(=O)OCc1ccccc1)C(=O)O[C@H](C)C(=O)Nc1ccccc1. The van der Waals surface area contributed by atoms with Crippen LogP contribution in [0.3, 0.4) is 0 Å². The van der Waals surface area contributed by atoms with E-state index in [-0.39, 0.29) is 12.5 Å². The number of anilines is 1. The van der Waals surface area contributed by atoms with Crippen molar-refractivity contribution in [1.29, 1.82) is 0 Å². The van der Waals surface area contributed by atoms with Gasteiger partial charge in [0.1, 0.15) is 12.6 Å². The van der Waals surface area contributed by atoms with Gasteiger partial charge in [-0.05, 0) is 30.5 Å². The van der Waals surface area contributed by atoms with Crippen LogP contribution in [-0.4, -0.2) is 30.1 Å². The van der Waals surface area contributed by atoms with Crippen LogP contribution in [0.1, 0.15) is 26.3 Å². The first-order valence-electron chi connectivity index (χ1n) is 9.40. The van der Waals surface area contributed by atoms with Crippen LogP contribution in [0.5, 0.6) is 0 Å². The number of para-hydroxylation sites is 1. The van der Waals surface area contributed by atoms with Gasteiger partial charge in [0.05, 0.1) is 0 Å². The van der Waals surface area contributed by atoms with Crippen molar-refractivity contribution in [1.82, 2.24) is 5.32 Å². The molecule has 0 aliphatic rings. The van der Waals surface area contributed by atoms with Crippen LogP contribution in [0.25, 0.3) is 0 Å². The lowest BCUT2D eigenvalue weighted by atomic mass is 10.1. The van der Waals surface area contributed by atoms with E-state index < -0.39 is 30.1 Å².